The fraction of sp³-hybridized carbons (Fsp3) is 0.207. The molecule has 3 heterocycles. The van der Waals surface area contributed by atoms with E-state index in [2.05, 4.69) is 10.1 Å². The molecule has 198 valence electrons. The zero-order chi connectivity index (χ0) is 27.2. The molecule has 2 aromatic carbocycles. The van der Waals surface area contributed by atoms with E-state index in [1.807, 2.05) is 6.08 Å². The Bertz CT molecular complexity index is 1700. The second kappa shape index (κ2) is 9.55. The molecule has 1 aliphatic carbocycles. The van der Waals surface area contributed by atoms with Crippen molar-refractivity contribution in [2.24, 2.45) is 5.41 Å². The molecule has 8 nitrogen and oxygen atoms in total. The summed E-state index contributed by atoms with van der Waals surface area (Å²) in [7, 11) is -2.44. The number of carbonyl (C=O) groups is 1. The number of benzene rings is 2. The standard InChI is InChI=1S/C29H25FN4O4S/c1-38-24-5-4-6-25(16-24)39(36,37)33-14-12-21-15-27-20(18-32-34(27)23-10-8-22(30)9-11-23)17-29(21,19-33)28(35)26-7-2-3-13-31-26/h2-11,13,15-16,18H,12,14,17,19H2,1H3. The number of hydrogen-bond donors (Lipinski definition) is 0. The monoisotopic (exact) mass is 544 g/mol. The summed E-state index contributed by atoms with van der Waals surface area (Å²) in [4.78, 5) is 18.6. The average molecular weight is 545 g/mol. The van der Waals surface area contributed by atoms with Gasteiger partial charge in [-0.25, -0.2) is 17.5 Å². The highest BCUT2D eigenvalue weighted by Gasteiger charge is 2.51. The van der Waals surface area contributed by atoms with E-state index in [9.17, 15) is 17.6 Å². The minimum atomic E-state index is -3.92. The normalized spacial score (nSPS) is 19.1. The highest BCUT2D eigenvalue weighted by Crippen LogP contribution is 2.47. The number of halogens is 1. The third-order valence-electron chi connectivity index (χ3n) is 7.46. The fourth-order valence-corrected chi connectivity index (χ4v) is 7.00. The maximum Gasteiger partial charge on any atom is 0.243 e. The van der Waals surface area contributed by atoms with Crippen LogP contribution in [0.4, 0.5) is 4.39 Å². The molecule has 0 spiro atoms. The van der Waals surface area contributed by atoms with Crippen LogP contribution in [0.25, 0.3) is 11.8 Å². The SMILES string of the molecule is COc1cccc(S(=O)(=O)N2CCC3=Cc4c(cnn4-c4ccc(F)cc4)CC3(C(=O)c3ccccn3)C2)c1. The lowest BCUT2D eigenvalue weighted by Gasteiger charge is -2.44. The Balaban J connectivity index is 1.44. The smallest absolute Gasteiger partial charge is 0.243 e. The number of methoxy groups -OCH3 is 1. The van der Waals surface area contributed by atoms with Gasteiger partial charge in [-0.1, -0.05) is 17.7 Å². The largest absolute Gasteiger partial charge is 0.497 e. The van der Waals surface area contributed by atoms with Crippen LogP contribution in [0.15, 0.2) is 89.6 Å². The van der Waals surface area contributed by atoms with Crippen LogP contribution in [0.3, 0.4) is 0 Å². The summed E-state index contributed by atoms with van der Waals surface area (Å²) in [5, 5.41) is 4.53. The van der Waals surface area contributed by atoms with Gasteiger partial charge < -0.3 is 4.74 Å². The van der Waals surface area contributed by atoms with Crippen LogP contribution >= 0.6 is 0 Å². The van der Waals surface area contributed by atoms with Crippen molar-refractivity contribution in [1.29, 1.82) is 0 Å². The number of ether oxygens (including phenoxy) is 1. The molecule has 0 amide bonds. The van der Waals surface area contributed by atoms with Crippen LogP contribution in [0.1, 0.15) is 28.2 Å². The number of Topliss-reactive ketones (excluding diaryl/α,β-unsaturated/α-hetero) is 1. The van der Waals surface area contributed by atoms with Crippen molar-refractivity contribution in [3.8, 4) is 11.4 Å². The first-order valence-electron chi connectivity index (χ1n) is 12.5. The number of carbonyl (C=O) groups excluding carboxylic acids is 1. The van der Waals surface area contributed by atoms with E-state index in [-0.39, 0.29) is 41.7 Å². The number of aromatic nitrogens is 3. The molecule has 4 aromatic rings. The minimum absolute atomic E-state index is 0.0328. The maximum absolute atomic E-state index is 14.2. The molecule has 39 heavy (non-hydrogen) atoms. The van der Waals surface area contributed by atoms with E-state index >= 15 is 0 Å². The number of nitrogens with zero attached hydrogens (tertiary/aromatic N) is 4. The van der Waals surface area contributed by atoms with Crippen molar-refractivity contribution >= 4 is 21.9 Å². The van der Waals surface area contributed by atoms with Crippen molar-refractivity contribution < 1.29 is 22.3 Å². The Kier molecular flexibility index (Phi) is 6.16. The summed E-state index contributed by atoms with van der Waals surface area (Å²) in [5.41, 5.74) is 2.24. The van der Waals surface area contributed by atoms with Gasteiger partial charge in [0.1, 0.15) is 17.3 Å². The number of pyridine rings is 1. The molecular weight excluding hydrogens is 519 g/mol. The molecule has 0 N–H and O–H groups in total. The van der Waals surface area contributed by atoms with Gasteiger partial charge in [-0.3, -0.25) is 9.78 Å². The van der Waals surface area contributed by atoms with E-state index < -0.39 is 15.4 Å². The van der Waals surface area contributed by atoms with Crippen LogP contribution < -0.4 is 4.74 Å². The molecule has 2 aromatic heterocycles. The van der Waals surface area contributed by atoms with Gasteiger partial charge in [-0.2, -0.15) is 9.40 Å². The lowest BCUT2D eigenvalue weighted by atomic mass is 9.65. The summed E-state index contributed by atoms with van der Waals surface area (Å²) in [6.07, 6.45) is 5.80. The van der Waals surface area contributed by atoms with Gasteiger partial charge in [0.15, 0.2) is 5.78 Å². The van der Waals surface area contributed by atoms with Crippen molar-refractivity contribution in [3.05, 3.63) is 107 Å². The molecule has 1 fully saturated rings. The molecule has 6 rings (SSSR count). The Morgan fingerprint density at radius 1 is 1.08 bits per heavy atom. The highest BCUT2D eigenvalue weighted by molar-refractivity contribution is 7.89. The van der Waals surface area contributed by atoms with E-state index in [0.717, 1.165) is 16.8 Å². The highest BCUT2D eigenvalue weighted by atomic mass is 32.2. The van der Waals surface area contributed by atoms with Gasteiger partial charge in [0.25, 0.3) is 0 Å². The van der Waals surface area contributed by atoms with E-state index in [1.54, 1.807) is 59.5 Å². The van der Waals surface area contributed by atoms with E-state index in [0.29, 0.717) is 17.9 Å². The Hall–Kier alpha value is -4.15. The van der Waals surface area contributed by atoms with Crippen molar-refractivity contribution in [1.82, 2.24) is 19.1 Å². The van der Waals surface area contributed by atoms with Gasteiger partial charge >= 0.3 is 0 Å². The number of sulfonamides is 1. The van der Waals surface area contributed by atoms with Gasteiger partial charge in [0.2, 0.25) is 10.0 Å². The second-order valence-corrected chi connectivity index (χ2v) is 11.6. The Morgan fingerprint density at radius 3 is 2.64 bits per heavy atom. The van der Waals surface area contributed by atoms with Crippen LogP contribution in [0.2, 0.25) is 0 Å². The van der Waals surface area contributed by atoms with Crippen LogP contribution in [0, 0.1) is 11.2 Å². The topological polar surface area (TPSA) is 94.4 Å². The summed E-state index contributed by atoms with van der Waals surface area (Å²) >= 11 is 0. The number of fused-ring (bicyclic) bond motifs is 2. The number of piperidine rings is 1. The lowest BCUT2D eigenvalue weighted by molar-refractivity contribution is 0.0770. The molecule has 0 bridgehead atoms. The van der Waals surface area contributed by atoms with E-state index in [1.165, 1.54) is 35.7 Å². The molecule has 1 atom stereocenters. The quantitative estimate of drug-likeness (QED) is 0.336. The summed E-state index contributed by atoms with van der Waals surface area (Å²) < 4.78 is 49.4. The van der Waals surface area contributed by atoms with Gasteiger partial charge in [0, 0.05) is 25.4 Å². The first kappa shape index (κ1) is 25.1. The van der Waals surface area contributed by atoms with Crippen molar-refractivity contribution in [3.63, 3.8) is 0 Å². The Labute approximate surface area is 225 Å². The molecule has 2 aliphatic rings. The predicted octanol–water partition coefficient (Wildman–Crippen LogP) is 4.32. The molecule has 1 aliphatic heterocycles. The van der Waals surface area contributed by atoms with Gasteiger partial charge in [-0.05, 0) is 73.0 Å². The van der Waals surface area contributed by atoms with Crippen molar-refractivity contribution in [2.75, 3.05) is 20.2 Å². The zero-order valence-electron chi connectivity index (χ0n) is 21.1. The van der Waals surface area contributed by atoms with Gasteiger partial charge in [-0.15, -0.1) is 0 Å². The summed E-state index contributed by atoms with van der Waals surface area (Å²) in [6.45, 7) is 0.178. The van der Waals surface area contributed by atoms with Crippen LogP contribution in [0.5, 0.6) is 5.75 Å². The van der Waals surface area contributed by atoms with Gasteiger partial charge in [0.05, 0.1) is 35.0 Å². The maximum atomic E-state index is 14.2. The van der Waals surface area contributed by atoms with Crippen LogP contribution in [-0.2, 0) is 16.4 Å². The first-order chi connectivity index (χ1) is 18.8. The summed E-state index contributed by atoms with van der Waals surface area (Å²) in [5.74, 6) is -0.147. The summed E-state index contributed by atoms with van der Waals surface area (Å²) in [6, 6.07) is 17.5. The number of hydrogen-bond acceptors (Lipinski definition) is 6. The third kappa shape index (κ3) is 4.25. The third-order valence-corrected chi connectivity index (χ3v) is 9.30. The fourth-order valence-electron chi connectivity index (χ4n) is 5.46. The average Bonchev–Trinajstić information content (AvgIpc) is 3.38. The molecular formula is C29H25FN4O4S. The predicted molar refractivity (Wildman–Crippen MR) is 143 cm³/mol. The first-order valence-corrected chi connectivity index (χ1v) is 13.9. The van der Waals surface area contributed by atoms with Crippen molar-refractivity contribution in [2.45, 2.75) is 17.7 Å². The lowest BCUT2D eigenvalue weighted by Crippen LogP contribution is -2.53. The Morgan fingerprint density at radius 2 is 1.90 bits per heavy atom. The second-order valence-electron chi connectivity index (χ2n) is 9.68. The van der Waals surface area contributed by atoms with E-state index in [4.69, 9.17) is 4.74 Å². The molecule has 0 radical (unpaired) electrons. The molecule has 0 saturated carbocycles. The van der Waals surface area contributed by atoms with Crippen LogP contribution in [-0.4, -0.2) is 53.5 Å². The zero-order valence-corrected chi connectivity index (χ0v) is 21.9. The molecule has 1 unspecified atom stereocenters. The minimum Gasteiger partial charge on any atom is -0.497 e. The number of ketones is 1. The molecule has 1 saturated heterocycles. The molecule has 10 heteroatoms. The number of rotatable bonds is 6.